The summed E-state index contributed by atoms with van der Waals surface area (Å²) in [6.45, 7) is 1.69. The average Bonchev–Trinajstić information content (AvgIpc) is 2.71. The van der Waals surface area contributed by atoms with E-state index in [4.69, 9.17) is 30.2 Å². The first-order valence-electron chi connectivity index (χ1n) is 8.77. The molecule has 1 unspecified atom stereocenters. The summed E-state index contributed by atoms with van der Waals surface area (Å²) in [7, 11) is 2.86. The average molecular weight is 419 g/mol. The van der Waals surface area contributed by atoms with Gasteiger partial charge in [-0.05, 0) is 30.7 Å². The predicted octanol–water partition coefficient (Wildman–Crippen LogP) is 4.37. The van der Waals surface area contributed by atoms with E-state index in [2.05, 4.69) is 0 Å². The largest absolute Gasteiger partial charge is 0.493 e. The number of methoxy groups -OCH3 is 2. The molecule has 0 aliphatic heterocycles. The Kier molecular flexibility index (Phi) is 5.98. The van der Waals surface area contributed by atoms with Gasteiger partial charge in [-0.3, -0.25) is 4.79 Å². The van der Waals surface area contributed by atoms with Crippen molar-refractivity contribution >= 4 is 28.5 Å². The van der Waals surface area contributed by atoms with Crippen LogP contribution in [0.25, 0.3) is 22.3 Å². The van der Waals surface area contributed by atoms with Crippen LogP contribution in [-0.4, -0.2) is 31.4 Å². The summed E-state index contributed by atoms with van der Waals surface area (Å²) in [4.78, 5) is 23.9. The lowest BCUT2D eigenvalue weighted by Gasteiger charge is -2.18. The Bertz CT molecular complexity index is 1120. The highest BCUT2D eigenvalue weighted by Gasteiger charge is 2.23. The van der Waals surface area contributed by atoms with Gasteiger partial charge in [-0.1, -0.05) is 24.6 Å². The van der Waals surface area contributed by atoms with Crippen molar-refractivity contribution in [1.29, 1.82) is 0 Å². The molecule has 8 heteroatoms. The highest BCUT2D eigenvalue weighted by atomic mass is 35.5. The number of fused-ring (bicyclic) bond motifs is 1. The number of hydrogen-bond acceptors (Lipinski definition) is 6. The predicted molar refractivity (Wildman–Crippen MR) is 108 cm³/mol. The van der Waals surface area contributed by atoms with E-state index in [0.717, 1.165) is 0 Å². The molecule has 0 fully saturated rings. The van der Waals surface area contributed by atoms with Gasteiger partial charge in [0.1, 0.15) is 5.76 Å². The SMILES string of the molecule is CCC(Oc1cc(-c2cc(=O)c3cccc(Cl)c3o2)cc(OC)c1OC)C(=O)O. The molecule has 0 bridgehead atoms. The summed E-state index contributed by atoms with van der Waals surface area (Å²) < 4.78 is 22.2. The zero-order valence-corrected chi connectivity index (χ0v) is 16.8. The van der Waals surface area contributed by atoms with E-state index in [9.17, 15) is 14.7 Å². The summed E-state index contributed by atoms with van der Waals surface area (Å²) in [5.41, 5.74) is 0.431. The molecule has 1 N–H and O–H groups in total. The second kappa shape index (κ2) is 8.45. The Balaban J connectivity index is 2.21. The lowest BCUT2D eigenvalue weighted by Crippen LogP contribution is -2.26. The van der Waals surface area contributed by atoms with Crippen LogP contribution in [0.5, 0.6) is 17.2 Å². The molecular formula is C21H19ClO7. The fraction of sp³-hybridized carbons (Fsp3) is 0.238. The van der Waals surface area contributed by atoms with Gasteiger partial charge in [0.2, 0.25) is 5.75 Å². The standard InChI is InChI=1S/C21H19ClO7/c1-4-15(21(24)25)28-18-9-11(8-17(26-2)20(18)27-3)16-10-14(23)12-6-5-7-13(22)19(12)29-16/h5-10,15H,4H2,1-3H3,(H,24,25). The summed E-state index contributed by atoms with van der Waals surface area (Å²) in [5, 5.41) is 9.98. The van der Waals surface area contributed by atoms with E-state index in [-0.39, 0.29) is 34.7 Å². The maximum atomic E-state index is 12.5. The van der Waals surface area contributed by atoms with Crippen LogP contribution in [0.3, 0.4) is 0 Å². The van der Waals surface area contributed by atoms with Crippen LogP contribution in [-0.2, 0) is 4.79 Å². The fourth-order valence-electron chi connectivity index (χ4n) is 2.91. The van der Waals surface area contributed by atoms with Crippen molar-refractivity contribution < 1.29 is 28.5 Å². The molecule has 0 amide bonds. The Morgan fingerprint density at radius 1 is 1.17 bits per heavy atom. The number of para-hydroxylation sites is 1. The van der Waals surface area contributed by atoms with E-state index in [1.807, 2.05) is 0 Å². The van der Waals surface area contributed by atoms with Gasteiger partial charge < -0.3 is 23.7 Å². The summed E-state index contributed by atoms with van der Waals surface area (Å²) in [6, 6.07) is 9.39. The number of carboxylic acid groups (broad SMARTS) is 1. The molecule has 1 heterocycles. The Morgan fingerprint density at radius 3 is 2.52 bits per heavy atom. The van der Waals surface area contributed by atoms with Crippen LogP contribution in [0.4, 0.5) is 0 Å². The monoisotopic (exact) mass is 418 g/mol. The second-order valence-electron chi connectivity index (χ2n) is 6.15. The molecule has 0 aliphatic rings. The van der Waals surface area contributed by atoms with Gasteiger partial charge in [0.05, 0.1) is 24.6 Å². The van der Waals surface area contributed by atoms with Gasteiger partial charge in [-0.25, -0.2) is 4.79 Å². The van der Waals surface area contributed by atoms with E-state index >= 15 is 0 Å². The highest BCUT2D eigenvalue weighted by Crippen LogP contribution is 2.42. The molecule has 7 nitrogen and oxygen atoms in total. The first-order valence-corrected chi connectivity index (χ1v) is 9.15. The third kappa shape index (κ3) is 4.00. The molecule has 152 valence electrons. The molecule has 1 atom stereocenters. The molecular weight excluding hydrogens is 400 g/mol. The number of benzene rings is 2. The third-order valence-electron chi connectivity index (χ3n) is 4.35. The maximum Gasteiger partial charge on any atom is 0.344 e. The van der Waals surface area contributed by atoms with E-state index in [1.165, 1.54) is 26.4 Å². The topological polar surface area (TPSA) is 95.2 Å². The van der Waals surface area contributed by atoms with Gasteiger partial charge in [0, 0.05) is 11.6 Å². The van der Waals surface area contributed by atoms with Crippen LogP contribution < -0.4 is 19.6 Å². The first-order chi connectivity index (χ1) is 13.9. The summed E-state index contributed by atoms with van der Waals surface area (Å²) in [6.07, 6.45) is -0.840. The van der Waals surface area contributed by atoms with Crippen LogP contribution in [0.15, 0.2) is 45.6 Å². The quantitative estimate of drug-likeness (QED) is 0.608. The van der Waals surface area contributed by atoms with E-state index < -0.39 is 12.1 Å². The number of carboxylic acids is 1. The number of aliphatic carboxylic acids is 1. The third-order valence-corrected chi connectivity index (χ3v) is 4.65. The minimum absolute atomic E-state index is 0.151. The smallest absolute Gasteiger partial charge is 0.344 e. The lowest BCUT2D eigenvalue weighted by molar-refractivity contribution is -0.145. The normalized spacial score (nSPS) is 11.9. The molecule has 0 aliphatic carbocycles. The second-order valence-corrected chi connectivity index (χ2v) is 6.56. The van der Waals surface area contributed by atoms with Crippen LogP contribution in [0.1, 0.15) is 13.3 Å². The maximum absolute atomic E-state index is 12.5. The number of hydrogen-bond donors (Lipinski definition) is 1. The molecule has 3 aromatic rings. The fourth-order valence-corrected chi connectivity index (χ4v) is 3.12. The Morgan fingerprint density at radius 2 is 1.90 bits per heavy atom. The van der Waals surface area contributed by atoms with Gasteiger partial charge in [0.25, 0.3) is 0 Å². The molecule has 0 radical (unpaired) electrons. The van der Waals surface area contributed by atoms with Crippen LogP contribution >= 0.6 is 11.6 Å². The van der Waals surface area contributed by atoms with Gasteiger partial charge in [-0.15, -0.1) is 0 Å². The number of carbonyl (C=O) groups is 1. The molecule has 3 rings (SSSR count). The van der Waals surface area contributed by atoms with Gasteiger partial charge >= 0.3 is 5.97 Å². The van der Waals surface area contributed by atoms with E-state index in [1.54, 1.807) is 31.2 Å². The minimum Gasteiger partial charge on any atom is -0.493 e. The number of halogens is 1. The van der Waals surface area contributed by atoms with Crippen molar-refractivity contribution in [2.75, 3.05) is 14.2 Å². The molecule has 29 heavy (non-hydrogen) atoms. The molecule has 2 aromatic carbocycles. The Labute approximate surface area is 171 Å². The number of ether oxygens (including phenoxy) is 3. The Hall–Kier alpha value is -3.19. The highest BCUT2D eigenvalue weighted by molar-refractivity contribution is 6.34. The summed E-state index contributed by atoms with van der Waals surface area (Å²) in [5.74, 6) is -0.204. The molecule has 1 aromatic heterocycles. The number of rotatable bonds is 7. The van der Waals surface area contributed by atoms with Crippen molar-refractivity contribution in [1.82, 2.24) is 0 Å². The zero-order chi connectivity index (χ0) is 21.1. The molecule has 0 saturated heterocycles. The summed E-state index contributed by atoms with van der Waals surface area (Å²) >= 11 is 6.18. The first kappa shape index (κ1) is 20.5. The van der Waals surface area contributed by atoms with Crippen molar-refractivity contribution in [2.45, 2.75) is 19.4 Å². The van der Waals surface area contributed by atoms with Crippen molar-refractivity contribution in [3.05, 3.63) is 51.6 Å². The van der Waals surface area contributed by atoms with Gasteiger partial charge in [-0.2, -0.15) is 0 Å². The molecule has 0 spiro atoms. The lowest BCUT2D eigenvalue weighted by atomic mass is 10.1. The van der Waals surface area contributed by atoms with Crippen molar-refractivity contribution in [2.24, 2.45) is 0 Å². The minimum atomic E-state index is -1.11. The van der Waals surface area contributed by atoms with Gasteiger partial charge in [0.15, 0.2) is 28.6 Å². The van der Waals surface area contributed by atoms with Crippen molar-refractivity contribution in [3.8, 4) is 28.6 Å². The zero-order valence-electron chi connectivity index (χ0n) is 16.0. The molecule has 0 saturated carbocycles. The van der Waals surface area contributed by atoms with Crippen molar-refractivity contribution in [3.63, 3.8) is 0 Å². The van der Waals surface area contributed by atoms with E-state index in [0.29, 0.717) is 21.7 Å². The van der Waals surface area contributed by atoms with Crippen LogP contribution in [0, 0.1) is 0 Å². The van der Waals surface area contributed by atoms with Crippen LogP contribution in [0.2, 0.25) is 5.02 Å².